The Morgan fingerprint density at radius 1 is 1.06 bits per heavy atom. The van der Waals surface area contributed by atoms with E-state index < -0.39 is 10.1 Å². The molecule has 0 bridgehead atoms. The highest BCUT2D eigenvalue weighted by Crippen LogP contribution is 2.37. The molecule has 0 heterocycles. The van der Waals surface area contributed by atoms with Crippen LogP contribution >= 0.6 is 0 Å². The molecule has 0 amide bonds. The predicted molar refractivity (Wildman–Crippen MR) is 126 cm³/mol. The van der Waals surface area contributed by atoms with Crippen LogP contribution in [-0.2, 0) is 16.5 Å². The van der Waals surface area contributed by atoms with Crippen LogP contribution in [0.15, 0.2) is 90.3 Å². The second-order valence-corrected chi connectivity index (χ2v) is 8.37. The molecule has 3 aromatic carbocycles. The SMILES string of the molecule is C=CCc1cc(/C=C(\C#N)c2ccccc2)cc(OCC)c1OS(=O)(=O)c1ccccc1. The first-order chi connectivity index (χ1) is 15.5. The number of ether oxygens (including phenoxy) is 1. The summed E-state index contributed by atoms with van der Waals surface area (Å²) in [5, 5.41) is 9.65. The summed E-state index contributed by atoms with van der Waals surface area (Å²) in [7, 11) is -4.06. The quantitative estimate of drug-likeness (QED) is 0.184. The van der Waals surface area contributed by atoms with Crippen LogP contribution in [0, 0.1) is 11.3 Å². The van der Waals surface area contributed by atoms with Gasteiger partial charge in [-0.1, -0.05) is 54.6 Å². The van der Waals surface area contributed by atoms with Crippen LogP contribution in [-0.4, -0.2) is 15.0 Å². The number of nitrogens with zero attached hydrogens (tertiary/aromatic N) is 1. The zero-order valence-corrected chi connectivity index (χ0v) is 18.5. The molecule has 0 atom stereocenters. The Bertz CT molecular complexity index is 1260. The van der Waals surface area contributed by atoms with Crippen LogP contribution < -0.4 is 8.92 Å². The Balaban J connectivity index is 2.11. The minimum atomic E-state index is -4.06. The normalized spacial score (nSPS) is 11.4. The summed E-state index contributed by atoms with van der Waals surface area (Å²) in [6, 6.07) is 22.9. The van der Waals surface area contributed by atoms with Gasteiger partial charge in [-0.3, -0.25) is 0 Å². The molecule has 0 aromatic heterocycles. The molecule has 32 heavy (non-hydrogen) atoms. The fourth-order valence-electron chi connectivity index (χ4n) is 3.14. The molecule has 6 heteroatoms. The van der Waals surface area contributed by atoms with Crippen molar-refractivity contribution in [3.8, 4) is 17.6 Å². The summed E-state index contributed by atoms with van der Waals surface area (Å²) in [5.74, 6) is 0.397. The standard InChI is InChI=1S/C26H23NO4S/c1-3-11-22-16-20(17-23(19-27)21-12-7-5-8-13-21)18-25(30-4-2)26(22)31-32(28,29)24-14-9-6-10-15-24/h3,5-10,12-18H,1,4,11H2,2H3/b23-17+. The van der Waals surface area contributed by atoms with Crippen molar-refractivity contribution in [2.75, 3.05) is 6.61 Å². The van der Waals surface area contributed by atoms with E-state index >= 15 is 0 Å². The molecule has 0 saturated carbocycles. The van der Waals surface area contributed by atoms with E-state index in [1.807, 2.05) is 30.3 Å². The third kappa shape index (κ3) is 5.45. The van der Waals surface area contributed by atoms with Crippen LogP contribution in [0.5, 0.6) is 11.5 Å². The van der Waals surface area contributed by atoms with Crippen molar-refractivity contribution in [2.45, 2.75) is 18.2 Å². The molecule has 0 aliphatic rings. The van der Waals surface area contributed by atoms with Gasteiger partial charge >= 0.3 is 10.1 Å². The van der Waals surface area contributed by atoms with E-state index in [9.17, 15) is 13.7 Å². The Labute approximate surface area is 189 Å². The molecule has 5 nitrogen and oxygen atoms in total. The van der Waals surface area contributed by atoms with E-state index in [4.69, 9.17) is 8.92 Å². The Kier molecular flexibility index (Phi) is 7.48. The minimum absolute atomic E-state index is 0.0480. The Hall–Kier alpha value is -3.82. The van der Waals surface area contributed by atoms with E-state index in [-0.39, 0.29) is 16.4 Å². The van der Waals surface area contributed by atoms with Gasteiger partial charge in [0.25, 0.3) is 0 Å². The van der Waals surface area contributed by atoms with Gasteiger partial charge in [-0.2, -0.15) is 13.7 Å². The number of allylic oxidation sites excluding steroid dienone is 2. The van der Waals surface area contributed by atoms with E-state index in [2.05, 4.69) is 12.6 Å². The highest BCUT2D eigenvalue weighted by Gasteiger charge is 2.22. The van der Waals surface area contributed by atoms with Crippen LogP contribution in [0.2, 0.25) is 0 Å². The maximum atomic E-state index is 12.8. The zero-order chi connectivity index (χ0) is 23.0. The minimum Gasteiger partial charge on any atom is -0.490 e. The van der Waals surface area contributed by atoms with Crippen molar-refractivity contribution in [3.63, 3.8) is 0 Å². The third-order valence-corrected chi connectivity index (χ3v) is 5.79. The molecular formula is C26H23NO4S. The molecule has 3 aromatic rings. The maximum Gasteiger partial charge on any atom is 0.339 e. The van der Waals surface area contributed by atoms with Gasteiger partial charge in [0.15, 0.2) is 11.5 Å². The second kappa shape index (κ2) is 10.5. The first-order valence-corrected chi connectivity index (χ1v) is 11.5. The van der Waals surface area contributed by atoms with Crippen LogP contribution in [0.3, 0.4) is 0 Å². The van der Waals surface area contributed by atoms with Crippen molar-refractivity contribution in [1.82, 2.24) is 0 Å². The van der Waals surface area contributed by atoms with E-state index in [0.29, 0.717) is 29.7 Å². The topological polar surface area (TPSA) is 76.4 Å². The molecule has 0 aliphatic heterocycles. The first kappa shape index (κ1) is 22.9. The summed E-state index contributed by atoms with van der Waals surface area (Å²) in [5.41, 5.74) is 2.53. The van der Waals surface area contributed by atoms with Crippen molar-refractivity contribution < 1.29 is 17.3 Å². The van der Waals surface area contributed by atoms with Gasteiger partial charge in [-0.05, 0) is 54.8 Å². The van der Waals surface area contributed by atoms with Crippen molar-refractivity contribution in [2.24, 2.45) is 0 Å². The molecule has 0 saturated heterocycles. The van der Waals surface area contributed by atoms with Gasteiger partial charge in [0, 0.05) is 5.56 Å². The molecule has 0 N–H and O–H groups in total. The average molecular weight is 446 g/mol. The van der Waals surface area contributed by atoms with E-state index in [0.717, 1.165) is 5.56 Å². The van der Waals surface area contributed by atoms with Crippen molar-refractivity contribution in [1.29, 1.82) is 5.26 Å². The summed E-state index contributed by atoms with van der Waals surface area (Å²) in [6.07, 6.45) is 3.75. The van der Waals surface area contributed by atoms with Crippen LogP contribution in [0.25, 0.3) is 11.6 Å². The molecule has 0 aliphatic carbocycles. The predicted octanol–water partition coefficient (Wildman–Crippen LogP) is 5.65. The second-order valence-electron chi connectivity index (χ2n) is 6.82. The number of benzene rings is 3. The number of rotatable bonds is 9. The molecular weight excluding hydrogens is 422 g/mol. The molecule has 0 fully saturated rings. The van der Waals surface area contributed by atoms with Gasteiger partial charge in [-0.25, -0.2) is 0 Å². The molecule has 0 radical (unpaired) electrons. The lowest BCUT2D eigenvalue weighted by atomic mass is 10.0. The maximum absolute atomic E-state index is 12.8. The summed E-state index contributed by atoms with van der Waals surface area (Å²) in [4.78, 5) is 0.0480. The van der Waals surface area contributed by atoms with E-state index in [1.54, 1.807) is 49.4 Å². The lowest BCUT2D eigenvalue weighted by molar-refractivity contribution is 0.326. The lowest BCUT2D eigenvalue weighted by Crippen LogP contribution is -2.12. The fraction of sp³-hybridized carbons (Fsp3) is 0.115. The van der Waals surface area contributed by atoms with Gasteiger partial charge in [0.1, 0.15) is 4.90 Å². The van der Waals surface area contributed by atoms with E-state index in [1.165, 1.54) is 12.1 Å². The smallest absolute Gasteiger partial charge is 0.339 e. The highest BCUT2D eigenvalue weighted by molar-refractivity contribution is 7.87. The lowest BCUT2D eigenvalue weighted by Gasteiger charge is -2.16. The molecule has 162 valence electrons. The van der Waals surface area contributed by atoms with Gasteiger partial charge in [-0.15, -0.1) is 6.58 Å². The van der Waals surface area contributed by atoms with Gasteiger partial charge < -0.3 is 8.92 Å². The van der Waals surface area contributed by atoms with Gasteiger partial charge in [0.2, 0.25) is 0 Å². The monoisotopic (exact) mass is 445 g/mol. The van der Waals surface area contributed by atoms with Gasteiger partial charge in [0.05, 0.1) is 18.2 Å². The van der Waals surface area contributed by atoms with Crippen LogP contribution in [0.4, 0.5) is 0 Å². The highest BCUT2D eigenvalue weighted by atomic mass is 32.2. The molecule has 0 unspecified atom stereocenters. The van der Waals surface area contributed by atoms with Crippen molar-refractivity contribution >= 4 is 21.8 Å². The molecule has 0 spiro atoms. The fourth-order valence-corrected chi connectivity index (χ4v) is 4.14. The summed E-state index contributed by atoms with van der Waals surface area (Å²) < 4.78 is 37.0. The van der Waals surface area contributed by atoms with Crippen LogP contribution in [0.1, 0.15) is 23.6 Å². The largest absolute Gasteiger partial charge is 0.490 e. The average Bonchev–Trinajstić information content (AvgIpc) is 2.81. The molecule has 3 rings (SSSR count). The van der Waals surface area contributed by atoms with Crippen molar-refractivity contribution in [3.05, 3.63) is 102 Å². The Morgan fingerprint density at radius 3 is 2.31 bits per heavy atom. The third-order valence-electron chi connectivity index (χ3n) is 4.56. The summed E-state index contributed by atoms with van der Waals surface area (Å²) >= 11 is 0. The zero-order valence-electron chi connectivity index (χ0n) is 17.7. The number of hydrogen-bond donors (Lipinski definition) is 0. The number of hydrogen-bond acceptors (Lipinski definition) is 5. The number of nitriles is 1. The first-order valence-electron chi connectivity index (χ1n) is 10.1. The Morgan fingerprint density at radius 2 is 1.72 bits per heavy atom. The summed E-state index contributed by atoms with van der Waals surface area (Å²) in [6.45, 7) is 5.88.